The summed E-state index contributed by atoms with van der Waals surface area (Å²) in [6.45, 7) is 1.71. The van der Waals surface area contributed by atoms with Gasteiger partial charge in [0.2, 0.25) is 11.8 Å². The molecule has 0 radical (unpaired) electrons. The van der Waals surface area contributed by atoms with Crippen LogP contribution in [0.15, 0.2) is 41.5 Å². The van der Waals surface area contributed by atoms with E-state index in [1.807, 2.05) is 30.3 Å². The zero-order valence-corrected chi connectivity index (χ0v) is 18.0. The number of amides is 2. The van der Waals surface area contributed by atoms with Gasteiger partial charge in [-0.15, -0.1) is 0 Å². The Kier molecular flexibility index (Phi) is 6.26. The summed E-state index contributed by atoms with van der Waals surface area (Å²) in [5, 5.41) is 6.24. The first-order valence-electron chi connectivity index (χ1n) is 10.2. The predicted molar refractivity (Wildman–Crippen MR) is 119 cm³/mol. The molecule has 2 amide bonds. The van der Waals surface area contributed by atoms with Gasteiger partial charge in [0.25, 0.3) is 5.56 Å². The number of rotatable bonds is 6. The fraction of sp³-hybridized carbons (Fsp3) is 0.381. The van der Waals surface area contributed by atoms with Crippen LogP contribution in [-0.4, -0.2) is 46.5 Å². The van der Waals surface area contributed by atoms with Crippen molar-refractivity contribution in [2.75, 3.05) is 25.0 Å². The monoisotopic (exact) mass is 440 g/mol. The highest BCUT2D eigenvalue weighted by Crippen LogP contribution is 2.29. The van der Waals surface area contributed by atoms with Crippen molar-refractivity contribution < 1.29 is 9.59 Å². The molecule has 31 heavy (non-hydrogen) atoms. The van der Waals surface area contributed by atoms with Gasteiger partial charge >= 0.3 is 0 Å². The van der Waals surface area contributed by atoms with Gasteiger partial charge in [0.15, 0.2) is 10.8 Å². The SMILES string of the molecule is CNC(=O)C1CCN(c2nc3ncn(CC(=O)NCc4ccccc4)c(=O)c3s2)CC1. The molecule has 0 spiro atoms. The van der Waals surface area contributed by atoms with E-state index in [9.17, 15) is 14.4 Å². The number of anilines is 1. The smallest absolute Gasteiger partial charge is 0.273 e. The van der Waals surface area contributed by atoms with Gasteiger partial charge in [0.05, 0.1) is 0 Å². The van der Waals surface area contributed by atoms with E-state index in [0.717, 1.165) is 23.5 Å². The van der Waals surface area contributed by atoms with Gasteiger partial charge < -0.3 is 15.5 Å². The van der Waals surface area contributed by atoms with Crippen LogP contribution in [0.25, 0.3) is 10.3 Å². The van der Waals surface area contributed by atoms with Crippen molar-refractivity contribution in [2.24, 2.45) is 5.92 Å². The number of aromatic nitrogens is 3. The summed E-state index contributed by atoms with van der Waals surface area (Å²) in [5.41, 5.74) is 1.10. The fourth-order valence-corrected chi connectivity index (χ4v) is 4.65. The summed E-state index contributed by atoms with van der Waals surface area (Å²) >= 11 is 1.28. The molecule has 3 heterocycles. The molecule has 4 rings (SSSR count). The minimum Gasteiger partial charge on any atom is -0.359 e. The number of carbonyl (C=O) groups is 2. The molecule has 9 nitrogen and oxygen atoms in total. The van der Waals surface area contributed by atoms with Gasteiger partial charge in [-0.3, -0.25) is 19.0 Å². The van der Waals surface area contributed by atoms with E-state index in [1.165, 1.54) is 22.2 Å². The Balaban J connectivity index is 1.43. The van der Waals surface area contributed by atoms with Gasteiger partial charge in [-0.05, 0) is 18.4 Å². The molecule has 0 aliphatic carbocycles. The van der Waals surface area contributed by atoms with Crippen molar-refractivity contribution in [1.29, 1.82) is 0 Å². The maximum absolute atomic E-state index is 12.9. The van der Waals surface area contributed by atoms with E-state index in [1.54, 1.807) is 7.05 Å². The Bertz CT molecular complexity index is 1130. The molecule has 0 atom stereocenters. The van der Waals surface area contributed by atoms with Crippen LogP contribution in [0.2, 0.25) is 0 Å². The molecule has 3 aromatic rings. The van der Waals surface area contributed by atoms with E-state index < -0.39 is 0 Å². The summed E-state index contributed by atoms with van der Waals surface area (Å²) in [5.74, 6) is -0.174. The van der Waals surface area contributed by atoms with Gasteiger partial charge in [-0.2, -0.15) is 4.98 Å². The van der Waals surface area contributed by atoms with Crippen LogP contribution in [0.3, 0.4) is 0 Å². The number of benzene rings is 1. The van der Waals surface area contributed by atoms with E-state index >= 15 is 0 Å². The summed E-state index contributed by atoms with van der Waals surface area (Å²) in [6.07, 6.45) is 2.86. The van der Waals surface area contributed by atoms with Crippen molar-refractivity contribution in [1.82, 2.24) is 25.2 Å². The maximum Gasteiger partial charge on any atom is 0.273 e. The number of hydrogen-bond donors (Lipinski definition) is 2. The van der Waals surface area contributed by atoms with Crippen LogP contribution in [-0.2, 0) is 22.7 Å². The highest BCUT2D eigenvalue weighted by atomic mass is 32.1. The Morgan fingerprint density at radius 3 is 2.65 bits per heavy atom. The third kappa shape index (κ3) is 4.74. The van der Waals surface area contributed by atoms with Crippen molar-refractivity contribution in [3.63, 3.8) is 0 Å². The van der Waals surface area contributed by atoms with Gasteiger partial charge in [0.1, 0.15) is 17.6 Å². The summed E-state index contributed by atoms with van der Waals surface area (Å²) in [6, 6.07) is 9.59. The number of hydrogen-bond acceptors (Lipinski definition) is 7. The lowest BCUT2D eigenvalue weighted by Crippen LogP contribution is -2.39. The van der Waals surface area contributed by atoms with Crippen LogP contribution < -0.4 is 21.1 Å². The summed E-state index contributed by atoms with van der Waals surface area (Å²) in [7, 11) is 1.65. The molecule has 0 bridgehead atoms. The average molecular weight is 441 g/mol. The molecule has 1 aliphatic rings. The topological polar surface area (TPSA) is 109 Å². The molecule has 1 aliphatic heterocycles. The lowest BCUT2D eigenvalue weighted by Gasteiger charge is -2.30. The van der Waals surface area contributed by atoms with Crippen LogP contribution in [0.1, 0.15) is 18.4 Å². The number of nitrogens with zero attached hydrogens (tertiary/aromatic N) is 4. The first-order chi connectivity index (χ1) is 15.0. The molecule has 1 aromatic carbocycles. The average Bonchev–Trinajstić information content (AvgIpc) is 3.25. The molecule has 0 saturated carbocycles. The lowest BCUT2D eigenvalue weighted by atomic mass is 9.96. The van der Waals surface area contributed by atoms with Crippen LogP contribution in [0.5, 0.6) is 0 Å². The minimum atomic E-state index is -0.274. The highest BCUT2D eigenvalue weighted by molar-refractivity contribution is 7.22. The Morgan fingerprint density at radius 1 is 1.19 bits per heavy atom. The third-order valence-electron chi connectivity index (χ3n) is 5.40. The number of carbonyl (C=O) groups excluding carboxylic acids is 2. The first kappa shape index (κ1) is 21.0. The van der Waals surface area contributed by atoms with E-state index in [0.29, 0.717) is 30.0 Å². The first-order valence-corrected chi connectivity index (χ1v) is 11.0. The molecule has 2 N–H and O–H groups in total. The third-order valence-corrected chi connectivity index (χ3v) is 6.49. The summed E-state index contributed by atoms with van der Waals surface area (Å²) in [4.78, 5) is 47.8. The van der Waals surface area contributed by atoms with Crippen LogP contribution >= 0.6 is 11.3 Å². The fourth-order valence-electron chi connectivity index (χ4n) is 3.63. The maximum atomic E-state index is 12.9. The van der Waals surface area contributed by atoms with Gasteiger partial charge in [-0.25, -0.2) is 4.98 Å². The molecular weight excluding hydrogens is 416 g/mol. The second kappa shape index (κ2) is 9.25. The number of fused-ring (bicyclic) bond motifs is 1. The zero-order valence-electron chi connectivity index (χ0n) is 17.2. The second-order valence-corrected chi connectivity index (χ2v) is 8.44. The molecule has 1 fully saturated rings. The number of piperidine rings is 1. The van der Waals surface area contributed by atoms with Gasteiger partial charge in [-0.1, -0.05) is 41.7 Å². The molecule has 10 heteroatoms. The largest absolute Gasteiger partial charge is 0.359 e. The Labute approximate surface area is 183 Å². The standard InChI is InChI=1S/C21H24N6O3S/c1-22-19(29)15-7-9-26(10-8-15)21-25-18-17(31-21)20(30)27(13-24-18)12-16(28)23-11-14-5-3-2-4-6-14/h2-6,13,15H,7-12H2,1H3,(H,22,29)(H,23,28). The molecule has 2 aromatic heterocycles. The lowest BCUT2D eigenvalue weighted by molar-refractivity contribution is -0.125. The molecule has 162 valence electrons. The minimum absolute atomic E-state index is 0.0142. The van der Waals surface area contributed by atoms with Crippen molar-refractivity contribution in [3.05, 3.63) is 52.6 Å². The highest BCUT2D eigenvalue weighted by Gasteiger charge is 2.26. The molecule has 1 saturated heterocycles. The Morgan fingerprint density at radius 2 is 1.94 bits per heavy atom. The van der Waals surface area contributed by atoms with E-state index in [-0.39, 0.29) is 29.8 Å². The molecular formula is C21H24N6O3S. The van der Waals surface area contributed by atoms with Gasteiger partial charge in [0, 0.05) is 32.6 Å². The van der Waals surface area contributed by atoms with Crippen molar-refractivity contribution >= 4 is 38.6 Å². The van der Waals surface area contributed by atoms with Crippen molar-refractivity contribution in [3.8, 4) is 0 Å². The number of nitrogens with one attached hydrogen (secondary N) is 2. The quantitative estimate of drug-likeness (QED) is 0.595. The summed E-state index contributed by atoms with van der Waals surface area (Å²) < 4.78 is 1.74. The van der Waals surface area contributed by atoms with E-state index in [2.05, 4.69) is 25.5 Å². The number of thiazole rings is 1. The zero-order chi connectivity index (χ0) is 21.8. The van der Waals surface area contributed by atoms with Crippen LogP contribution in [0, 0.1) is 5.92 Å². The van der Waals surface area contributed by atoms with Crippen molar-refractivity contribution in [2.45, 2.75) is 25.9 Å². The normalized spacial score (nSPS) is 14.5. The van der Waals surface area contributed by atoms with E-state index in [4.69, 9.17) is 0 Å². The molecule has 0 unspecified atom stereocenters. The Hall–Kier alpha value is -3.27. The van der Waals surface area contributed by atoms with Crippen LogP contribution in [0.4, 0.5) is 5.13 Å². The second-order valence-electron chi connectivity index (χ2n) is 7.46. The predicted octanol–water partition coefficient (Wildman–Crippen LogP) is 1.13.